The Morgan fingerprint density at radius 1 is 1.10 bits per heavy atom. The molecule has 3 nitrogen and oxygen atoms in total. The summed E-state index contributed by atoms with van der Waals surface area (Å²) in [6.45, 7) is 0. The molecule has 0 heterocycles. The molecule has 2 aromatic rings. The van der Waals surface area contributed by atoms with Gasteiger partial charge in [0.25, 0.3) is 10.0 Å². The average molecular weight is 362 g/mol. The first-order valence-corrected chi connectivity index (χ1v) is 8.16. The lowest BCUT2D eigenvalue weighted by Gasteiger charge is -2.11. The molecule has 20 heavy (non-hydrogen) atoms. The van der Waals surface area contributed by atoms with E-state index in [1.807, 2.05) is 0 Å². The van der Waals surface area contributed by atoms with Gasteiger partial charge in [-0.3, -0.25) is 4.72 Å². The fraction of sp³-hybridized carbons (Fsp3) is 0.0769. The van der Waals surface area contributed by atoms with Crippen LogP contribution in [0.1, 0.15) is 5.56 Å². The Balaban J connectivity index is 2.41. The molecule has 2 aromatic carbocycles. The Morgan fingerprint density at radius 3 is 2.45 bits per heavy atom. The highest BCUT2D eigenvalue weighted by atomic mass is 79.9. The highest BCUT2D eigenvalue weighted by molar-refractivity contribution is 9.08. The molecule has 106 valence electrons. The second-order valence-electron chi connectivity index (χ2n) is 3.97. The van der Waals surface area contributed by atoms with E-state index in [0.29, 0.717) is 22.6 Å². The molecular formula is C13H10BrF2NO2S. The molecule has 0 spiro atoms. The summed E-state index contributed by atoms with van der Waals surface area (Å²) in [7, 11) is -4.11. The Morgan fingerprint density at radius 2 is 1.80 bits per heavy atom. The lowest BCUT2D eigenvalue weighted by Crippen LogP contribution is -2.15. The summed E-state index contributed by atoms with van der Waals surface area (Å²) in [6, 6.07) is 9.03. The number of alkyl halides is 1. The van der Waals surface area contributed by atoms with Gasteiger partial charge in [0, 0.05) is 11.4 Å². The van der Waals surface area contributed by atoms with Crippen molar-refractivity contribution in [1.29, 1.82) is 0 Å². The standard InChI is InChI=1S/C13H10BrF2NO2S/c14-8-9-3-1-2-4-12(9)17-20(18,19)13-6-5-10(15)7-11(13)16/h1-7,17H,8H2. The Labute approximate surface area is 123 Å². The Bertz CT molecular complexity index is 735. The van der Waals surface area contributed by atoms with Crippen molar-refractivity contribution in [2.75, 3.05) is 4.72 Å². The van der Waals surface area contributed by atoms with Crippen LogP contribution in [0.15, 0.2) is 47.4 Å². The molecule has 0 unspecified atom stereocenters. The van der Waals surface area contributed by atoms with Gasteiger partial charge in [-0.05, 0) is 23.8 Å². The van der Waals surface area contributed by atoms with Crippen LogP contribution in [-0.2, 0) is 15.4 Å². The molecule has 0 aromatic heterocycles. The summed E-state index contributed by atoms with van der Waals surface area (Å²) in [5.41, 5.74) is 1.05. The van der Waals surface area contributed by atoms with Crippen molar-refractivity contribution in [1.82, 2.24) is 0 Å². The fourth-order valence-corrected chi connectivity index (χ4v) is 3.28. The number of hydrogen-bond acceptors (Lipinski definition) is 2. The van der Waals surface area contributed by atoms with Crippen molar-refractivity contribution in [3.63, 3.8) is 0 Å². The summed E-state index contributed by atoms with van der Waals surface area (Å²) in [5.74, 6) is -1.96. The van der Waals surface area contributed by atoms with Gasteiger partial charge < -0.3 is 0 Å². The van der Waals surface area contributed by atoms with E-state index in [-0.39, 0.29) is 0 Å². The number of halogens is 3. The van der Waals surface area contributed by atoms with E-state index >= 15 is 0 Å². The molecule has 0 fully saturated rings. The fourth-order valence-electron chi connectivity index (χ4n) is 1.63. The number of benzene rings is 2. The third-order valence-corrected chi connectivity index (χ3v) is 4.59. The van der Waals surface area contributed by atoms with E-state index in [1.54, 1.807) is 24.3 Å². The lowest BCUT2D eigenvalue weighted by molar-refractivity contribution is 0.551. The van der Waals surface area contributed by atoms with Gasteiger partial charge in [0.05, 0.1) is 5.69 Å². The molecule has 7 heteroatoms. The third-order valence-electron chi connectivity index (χ3n) is 2.59. The van der Waals surface area contributed by atoms with Gasteiger partial charge in [-0.25, -0.2) is 17.2 Å². The zero-order valence-electron chi connectivity index (χ0n) is 10.1. The van der Waals surface area contributed by atoms with Crippen molar-refractivity contribution >= 4 is 31.6 Å². The normalized spacial score (nSPS) is 11.3. The first-order chi connectivity index (χ1) is 9.44. The van der Waals surface area contributed by atoms with Gasteiger partial charge in [-0.1, -0.05) is 34.1 Å². The van der Waals surface area contributed by atoms with Gasteiger partial charge in [0.2, 0.25) is 0 Å². The smallest absolute Gasteiger partial charge is 0.264 e. The van der Waals surface area contributed by atoms with Crippen LogP contribution < -0.4 is 4.72 Å². The largest absolute Gasteiger partial charge is 0.279 e. The molecule has 0 amide bonds. The molecule has 0 aliphatic rings. The number of hydrogen-bond donors (Lipinski definition) is 1. The highest BCUT2D eigenvalue weighted by Gasteiger charge is 2.20. The molecule has 0 aliphatic heterocycles. The van der Waals surface area contributed by atoms with Gasteiger partial charge in [-0.15, -0.1) is 0 Å². The summed E-state index contributed by atoms with van der Waals surface area (Å²) in [6.07, 6.45) is 0. The monoisotopic (exact) mass is 361 g/mol. The second-order valence-corrected chi connectivity index (χ2v) is 6.18. The minimum absolute atomic E-state index is 0.341. The van der Waals surface area contributed by atoms with Crippen molar-refractivity contribution in [2.45, 2.75) is 10.2 Å². The summed E-state index contributed by atoms with van der Waals surface area (Å²) in [4.78, 5) is -0.594. The highest BCUT2D eigenvalue weighted by Crippen LogP contribution is 2.23. The third kappa shape index (κ3) is 3.16. The quantitative estimate of drug-likeness (QED) is 0.844. The molecule has 0 bridgehead atoms. The van der Waals surface area contributed by atoms with E-state index in [0.717, 1.165) is 12.1 Å². The molecule has 0 aliphatic carbocycles. The first-order valence-electron chi connectivity index (χ1n) is 5.56. The minimum Gasteiger partial charge on any atom is -0.279 e. The zero-order valence-corrected chi connectivity index (χ0v) is 12.5. The Hall–Kier alpha value is -1.47. The number of sulfonamides is 1. The second kappa shape index (κ2) is 5.88. The lowest BCUT2D eigenvalue weighted by atomic mass is 10.2. The number of para-hydroxylation sites is 1. The zero-order chi connectivity index (χ0) is 14.8. The van der Waals surface area contributed by atoms with Crippen molar-refractivity contribution in [3.8, 4) is 0 Å². The van der Waals surface area contributed by atoms with E-state index in [9.17, 15) is 17.2 Å². The van der Waals surface area contributed by atoms with E-state index in [4.69, 9.17) is 0 Å². The number of anilines is 1. The van der Waals surface area contributed by atoms with Crippen LogP contribution in [0.4, 0.5) is 14.5 Å². The molecule has 0 radical (unpaired) electrons. The minimum atomic E-state index is -4.11. The van der Waals surface area contributed by atoms with Gasteiger partial charge >= 0.3 is 0 Å². The maximum Gasteiger partial charge on any atom is 0.264 e. The van der Waals surface area contributed by atoms with Crippen LogP contribution in [0.2, 0.25) is 0 Å². The van der Waals surface area contributed by atoms with Crippen LogP contribution in [0, 0.1) is 11.6 Å². The number of rotatable bonds is 4. The summed E-state index contributed by atoms with van der Waals surface area (Å²) >= 11 is 3.24. The molecule has 0 atom stereocenters. The van der Waals surface area contributed by atoms with Gasteiger partial charge in [-0.2, -0.15) is 0 Å². The van der Waals surface area contributed by atoms with E-state index in [1.165, 1.54) is 0 Å². The topological polar surface area (TPSA) is 46.2 Å². The van der Waals surface area contributed by atoms with Crippen LogP contribution in [0.3, 0.4) is 0 Å². The van der Waals surface area contributed by atoms with E-state index in [2.05, 4.69) is 20.7 Å². The van der Waals surface area contributed by atoms with Crippen LogP contribution >= 0.6 is 15.9 Å². The average Bonchev–Trinajstić information content (AvgIpc) is 2.38. The maximum absolute atomic E-state index is 13.6. The van der Waals surface area contributed by atoms with Crippen molar-refractivity contribution in [2.24, 2.45) is 0 Å². The Kier molecular flexibility index (Phi) is 4.39. The molecule has 1 N–H and O–H groups in total. The molecule has 0 saturated carbocycles. The van der Waals surface area contributed by atoms with Gasteiger partial charge in [0.15, 0.2) is 0 Å². The first kappa shape index (κ1) is 14.9. The van der Waals surface area contributed by atoms with Gasteiger partial charge in [0.1, 0.15) is 16.5 Å². The maximum atomic E-state index is 13.6. The predicted octanol–water partition coefficient (Wildman–Crippen LogP) is 3.66. The van der Waals surface area contributed by atoms with Crippen LogP contribution in [-0.4, -0.2) is 8.42 Å². The summed E-state index contributed by atoms with van der Waals surface area (Å²) < 4.78 is 52.9. The molecular weight excluding hydrogens is 352 g/mol. The van der Waals surface area contributed by atoms with E-state index < -0.39 is 26.6 Å². The molecule has 0 saturated heterocycles. The summed E-state index contributed by atoms with van der Waals surface area (Å²) in [5, 5.41) is 0.442. The number of nitrogens with one attached hydrogen (secondary N) is 1. The van der Waals surface area contributed by atoms with Crippen LogP contribution in [0.5, 0.6) is 0 Å². The van der Waals surface area contributed by atoms with Crippen molar-refractivity contribution < 1.29 is 17.2 Å². The SMILES string of the molecule is O=S(=O)(Nc1ccccc1CBr)c1ccc(F)cc1F. The molecule has 2 rings (SSSR count). The van der Waals surface area contributed by atoms with Crippen LogP contribution in [0.25, 0.3) is 0 Å². The van der Waals surface area contributed by atoms with Crippen molar-refractivity contribution in [3.05, 3.63) is 59.7 Å². The predicted molar refractivity (Wildman–Crippen MR) is 76.2 cm³/mol.